The van der Waals surface area contributed by atoms with E-state index in [-0.39, 0.29) is 69.7 Å². The molecule has 0 bridgehead atoms. The highest BCUT2D eigenvalue weighted by Gasteiger charge is 2.36. The summed E-state index contributed by atoms with van der Waals surface area (Å²) in [7, 11) is 1.29. The van der Waals surface area contributed by atoms with Crippen LogP contribution in [0.4, 0.5) is 4.79 Å². The molecule has 2 aromatic rings. The average Bonchev–Trinajstić information content (AvgIpc) is 3.21. The highest BCUT2D eigenvalue weighted by Crippen LogP contribution is 2.15. The molecule has 1 aliphatic heterocycles. The molecule has 0 unspecified atom stereocenters. The third-order valence-corrected chi connectivity index (χ3v) is 10.1. The highest BCUT2D eigenvalue weighted by molar-refractivity contribution is 5.96. The minimum Gasteiger partial charge on any atom is -0.508 e. The van der Waals surface area contributed by atoms with E-state index in [4.69, 9.17) is 11.5 Å². The van der Waals surface area contributed by atoms with E-state index in [1.165, 1.54) is 19.2 Å². The Kier molecular flexibility index (Phi) is 19.7. The second-order valence-electron chi connectivity index (χ2n) is 15.2. The third kappa shape index (κ3) is 16.3. The number of carboxylic acids is 1. The van der Waals surface area contributed by atoms with Gasteiger partial charge in [-0.25, -0.2) is 9.59 Å². The van der Waals surface area contributed by atoms with E-state index in [1.807, 2.05) is 0 Å². The van der Waals surface area contributed by atoms with Crippen LogP contribution in [0.2, 0.25) is 0 Å². The molecule has 0 aliphatic carbocycles. The minimum absolute atomic E-state index is 0.00168. The molecular weight excluding hydrogens is 793 g/mol. The van der Waals surface area contributed by atoms with Gasteiger partial charge in [0.25, 0.3) is 0 Å². The first kappa shape index (κ1) is 48.9. The molecule has 1 heterocycles. The van der Waals surface area contributed by atoms with Crippen molar-refractivity contribution >= 4 is 47.5 Å². The maximum absolute atomic E-state index is 14.2. The number of rotatable bonds is 14. The molecule has 0 radical (unpaired) electrons. The number of aryl methyl sites for hydroxylation is 1. The summed E-state index contributed by atoms with van der Waals surface area (Å²) >= 11 is 0. The van der Waals surface area contributed by atoms with E-state index in [0.717, 1.165) is 10.5 Å². The predicted octanol–water partition coefficient (Wildman–Crippen LogP) is -1.03. The van der Waals surface area contributed by atoms with Gasteiger partial charge < -0.3 is 63.6 Å². The van der Waals surface area contributed by atoms with Gasteiger partial charge in [0.15, 0.2) is 5.96 Å². The summed E-state index contributed by atoms with van der Waals surface area (Å²) in [5, 5.41) is 45.7. The molecule has 2 aromatic carbocycles. The van der Waals surface area contributed by atoms with Gasteiger partial charge in [-0.3, -0.25) is 29.0 Å². The van der Waals surface area contributed by atoms with Gasteiger partial charge in [0.2, 0.25) is 29.5 Å². The smallest absolute Gasteiger partial charge is 0.326 e. The molecule has 0 saturated carbocycles. The van der Waals surface area contributed by atoms with Crippen molar-refractivity contribution in [2.45, 2.75) is 101 Å². The van der Waals surface area contributed by atoms with Gasteiger partial charge in [-0.2, -0.15) is 0 Å². The second kappa shape index (κ2) is 24.6. The lowest BCUT2D eigenvalue weighted by Gasteiger charge is -2.32. The number of aromatic hydroxyl groups is 1. The lowest BCUT2D eigenvalue weighted by molar-refractivity contribution is -0.144. The summed E-state index contributed by atoms with van der Waals surface area (Å²) in [4.78, 5) is 99.5. The Morgan fingerprint density at radius 3 is 2.18 bits per heavy atom. The molecule has 0 spiro atoms. The number of hydrogen-bond acceptors (Lipinski definition) is 10. The number of guanidine groups is 1. The van der Waals surface area contributed by atoms with Gasteiger partial charge >= 0.3 is 12.0 Å². The molecule has 3 rings (SSSR count). The topological polar surface area (TPSA) is 320 Å². The SMILES string of the molecule is CC(C)[C@H]1NC(=O)[C@H](NC(=O)N[C@@H](CCCN=C(N)N)C(=O)O)CCCCNC(=O)[C@H](Cc2ccccc2)NC(=O)[C@H](CO)N(C)C(=O)[C@H](CCc2ccc(O)cc2)NC1=O. The van der Waals surface area contributed by atoms with Crippen molar-refractivity contribution in [1.29, 1.82) is 0 Å². The fourth-order valence-corrected chi connectivity index (χ4v) is 6.59. The third-order valence-electron chi connectivity index (χ3n) is 10.1. The number of phenolic OH excluding ortho intramolecular Hbond substituents is 1. The molecule has 7 amide bonds. The number of carbonyl (C=O) groups is 7. The summed E-state index contributed by atoms with van der Waals surface area (Å²) < 4.78 is 0. The Balaban J connectivity index is 1.97. The highest BCUT2D eigenvalue weighted by atomic mass is 16.4. The quantitative estimate of drug-likeness (QED) is 0.0618. The number of aliphatic imine (C=N–C) groups is 1. The Hall–Kier alpha value is -6.44. The molecule has 20 heteroatoms. The predicted molar refractivity (Wildman–Crippen MR) is 224 cm³/mol. The van der Waals surface area contributed by atoms with E-state index in [2.05, 4.69) is 36.9 Å². The van der Waals surface area contributed by atoms with Crippen LogP contribution < -0.4 is 43.4 Å². The number of nitrogens with two attached hydrogens (primary N) is 2. The van der Waals surface area contributed by atoms with Gasteiger partial charge in [0, 0.05) is 26.6 Å². The molecule has 1 fully saturated rings. The number of aliphatic carboxylic acids is 1. The monoisotopic (exact) mass is 852 g/mol. The summed E-state index contributed by atoms with van der Waals surface area (Å²) in [6, 6.07) is 6.38. The number of carbonyl (C=O) groups excluding carboxylic acids is 6. The average molecular weight is 853 g/mol. The number of nitrogens with zero attached hydrogens (tertiary/aromatic N) is 2. The van der Waals surface area contributed by atoms with Gasteiger partial charge in [0.1, 0.15) is 42.0 Å². The molecule has 1 aliphatic rings. The minimum atomic E-state index is -1.47. The first-order valence-electron chi connectivity index (χ1n) is 20.2. The molecule has 13 N–H and O–H groups in total. The largest absolute Gasteiger partial charge is 0.508 e. The Labute approximate surface area is 354 Å². The first-order chi connectivity index (χ1) is 29.0. The molecule has 334 valence electrons. The number of phenols is 1. The second-order valence-corrected chi connectivity index (χ2v) is 15.2. The fraction of sp³-hybridized carbons (Fsp3) is 0.512. The lowest BCUT2D eigenvalue weighted by atomic mass is 9.99. The summed E-state index contributed by atoms with van der Waals surface area (Å²) in [5.74, 6) is -5.66. The van der Waals surface area contributed by atoms with Gasteiger partial charge in [0.05, 0.1) is 6.61 Å². The van der Waals surface area contributed by atoms with Gasteiger partial charge in [-0.15, -0.1) is 0 Å². The van der Waals surface area contributed by atoms with Crippen LogP contribution in [0.25, 0.3) is 0 Å². The van der Waals surface area contributed by atoms with E-state index in [1.54, 1.807) is 56.3 Å². The number of amides is 7. The number of carboxylic acid groups (broad SMARTS) is 1. The Morgan fingerprint density at radius 2 is 1.56 bits per heavy atom. The fourth-order valence-electron chi connectivity index (χ4n) is 6.59. The van der Waals surface area contributed by atoms with Crippen molar-refractivity contribution in [2.24, 2.45) is 22.4 Å². The van der Waals surface area contributed by atoms with Crippen molar-refractivity contribution in [3.63, 3.8) is 0 Å². The Morgan fingerprint density at radius 1 is 0.885 bits per heavy atom. The number of benzene rings is 2. The van der Waals surface area contributed by atoms with Crippen molar-refractivity contribution in [1.82, 2.24) is 36.8 Å². The number of nitrogens with one attached hydrogen (secondary N) is 6. The zero-order chi connectivity index (χ0) is 45.1. The number of urea groups is 1. The molecule has 20 nitrogen and oxygen atoms in total. The molecular formula is C41H60N10O10. The van der Waals surface area contributed by atoms with Crippen LogP contribution in [-0.2, 0) is 41.6 Å². The van der Waals surface area contributed by atoms with Crippen molar-refractivity contribution < 1.29 is 48.9 Å². The van der Waals surface area contributed by atoms with E-state index >= 15 is 0 Å². The van der Waals surface area contributed by atoms with Crippen molar-refractivity contribution in [3.05, 3.63) is 65.7 Å². The zero-order valence-electron chi connectivity index (χ0n) is 34.8. The summed E-state index contributed by atoms with van der Waals surface area (Å²) in [6.45, 7) is 2.73. The van der Waals surface area contributed by atoms with Crippen LogP contribution >= 0.6 is 0 Å². The lowest BCUT2D eigenvalue weighted by Crippen LogP contribution is -2.61. The molecule has 1 saturated heterocycles. The standard InChI is InChI=1S/C41H60N10O10/c1-24(2)33-37(57)46-29(19-16-25-14-17-27(53)18-15-25)38(58)51(3)32(23-52)36(56)47-31(22-26-10-5-4-6-11-26)34(54)44-20-8-7-12-28(35(55)50-33)48-41(61)49-30(39(59)60)13-9-21-45-40(42)43/h4-6,10-11,14-15,17-18,24,28-33,52-53H,7-9,12-13,16,19-23H2,1-3H3,(H,44,54)(H,46,57)(H,47,56)(H,50,55)(H,59,60)(H4,42,43,45)(H2,48,49,61)/t28-,29+,30+,31+,32+,33-/m1/s1. The maximum Gasteiger partial charge on any atom is 0.326 e. The van der Waals surface area contributed by atoms with E-state index < -0.39 is 90.3 Å². The van der Waals surface area contributed by atoms with E-state index in [0.29, 0.717) is 12.0 Å². The summed E-state index contributed by atoms with van der Waals surface area (Å²) in [6.07, 6.45) is 1.07. The summed E-state index contributed by atoms with van der Waals surface area (Å²) in [5.41, 5.74) is 12.1. The van der Waals surface area contributed by atoms with Crippen molar-refractivity contribution in [3.8, 4) is 5.75 Å². The molecule has 6 atom stereocenters. The molecule has 61 heavy (non-hydrogen) atoms. The first-order valence-corrected chi connectivity index (χ1v) is 20.2. The maximum atomic E-state index is 14.2. The Bertz CT molecular complexity index is 1820. The van der Waals surface area contributed by atoms with Crippen LogP contribution in [0.3, 0.4) is 0 Å². The van der Waals surface area contributed by atoms with Crippen LogP contribution in [0.1, 0.15) is 63.5 Å². The number of aliphatic hydroxyl groups excluding tert-OH is 1. The normalized spacial score (nSPS) is 21.6. The molecule has 0 aromatic heterocycles. The number of aliphatic hydroxyl groups is 1. The number of hydrogen-bond donors (Lipinski definition) is 11. The number of likely N-dealkylation sites (N-methyl/N-ethyl adjacent to an activating group) is 1. The van der Waals surface area contributed by atoms with Crippen LogP contribution in [0.15, 0.2) is 59.6 Å². The zero-order valence-corrected chi connectivity index (χ0v) is 34.8. The van der Waals surface area contributed by atoms with Gasteiger partial charge in [-0.1, -0.05) is 56.3 Å². The van der Waals surface area contributed by atoms with Crippen LogP contribution in [0, 0.1) is 5.92 Å². The van der Waals surface area contributed by atoms with Gasteiger partial charge in [-0.05, 0) is 74.1 Å². The van der Waals surface area contributed by atoms with E-state index in [9.17, 15) is 48.9 Å². The van der Waals surface area contributed by atoms with Crippen molar-refractivity contribution in [2.75, 3.05) is 26.7 Å². The van der Waals surface area contributed by atoms with Crippen LogP contribution in [0.5, 0.6) is 5.75 Å². The van der Waals surface area contributed by atoms with Crippen LogP contribution in [-0.4, -0.2) is 131 Å².